The fourth-order valence-corrected chi connectivity index (χ4v) is 3.32. The van der Waals surface area contributed by atoms with Crippen LogP contribution in [-0.4, -0.2) is 21.9 Å². The summed E-state index contributed by atoms with van der Waals surface area (Å²) in [6.07, 6.45) is 7.93. The minimum Gasteiger partial charge on any atom is -0.354 e. The molecule has 0 spiro atoms. The van der Waals surface area contributed by atoms with Gasteiger partial charge >= 0.3 is 0 Å². The molecule has 4 rings (SSSR count). The molecule has 0 unspecified atom stereocenters. The van der Waals surface area contributed by atoms with Gasteiger partial charge in [0.1, 0.15) is 5.69 Å². The molecule has 1 aliphatic rings. The molecule has 0 bridgehead atoms. The summed E-state index contributed by atoms with van der Waals surface area (Å²) in [7, 11) is 0. The standard InChI is InChI=1S/C20H20N4O/c25-20(24-15-7-1-2-8-15)18-13-16(10-12-21-18)23-17-9-3-5-14-6-4-11-22-19(14)17/h3-6,9-13,15H,1-2,7-8H2,(H,21,23)(H,24,25). The fraction of sp³-hybridized carbons (Fsp3) is 0.250. The third-order valence-electron chi connectivity index (χ3n) is 4.59. The normalized spacial score (nSPS) is 14.6. The Morgan fingerprint density at radius 3 is 2.72 bits per heavy atom. The molecule has 1 saturated carbocycles. The predicted octanol–water partition coefficient (Wildman–Crippen LogP) is 4.05. The number of nitrogens with zero attached hydrogens (tertiary/aromatic N) is 2. The summed E-state index contributed by atoms with van der Waals surface area (Å²) < 4.78 is 0. The van der Waals surface area contributed by atoms with E-state index in [-0.39, 0.29) is 11.9 Å². The van der Waals surface area contributed by atoms with Gasteiger partial charge in [-0.2, -0.15) is 0 Å². The minimum absolute atomic E-state index is 0.105. The summed E-state index contributed by atoms with van der Waals surface area (Å²) in [5.74, 6) is -0.105. The van der Waals surface area contributed by atoms with E-state index in [2.05, 4.69) is 20.6 Å². The van der Waals surface area contributed by atoms with Gasteiger partial charge < -0.3 is 10.6 Å². The largest absolute Gasteiger partial charge is 0.354 e. The van der Waals surface area contributed by atoms with Crippen LogP contribution < -0.4 is 10.6 Å². The zero-order chi connectivity index (χ0) is 17.1. The second-order valence-electron chi connectivity index (χ2n) is 6.39. The Bertz CT molecular complexity index is 898. The summed E-state index contributed by atoms with van der Waals surface area (Å²) >= 11 is 0. The number of para-hydroxylation sites is 1. The first-order valence-electron chi connectivity index (χ1n) is 8.67. The average Bonchev–Trinajstić information content (AvgIpc) is 3.15. The Morgan fingerprint density at radius 1 is 1.00 bits per heavy atom. The lowest BCUT2D eigenvalue weighted by Gasteiger charge is -2.13. The zero-order valence-electron chi connectivity index (χ0n) is 13.9. The van der Waals surface area contributed by atoms with Crippen LogP contribution in [-0.2, 0) is 0 Å². The van der Waals surface area contributed by atoms with Gasteiger partial charge in [-0.25, -0.2) is 0 Å². The molecule has 2 heterocycles. The van der Waals surface area contributed by atoms with Gasteiger partial charge in [-0.1, -0.05) is 31.0 Å². The molecule has 0 aliphatic heterocycles. The second-order valence-corrected chi connectivity index (χ2v) is 6.39. The maximum absolute atomic E-state index is 12.4. The number of carbonyl (C=O) groups is 1. The molecule has 25 heavy (non-hydrogen) atoms. The summed E-state index contributed by atoms with van der Waals surface area (Å²) in [6.45, 7) is 0. The van der Waals surface area contributed by atoms with E-state index in [4.69, 9.17) is 0 Å². The van der Waals surface area contributed by atoms with Crippen LogP contribution in [0.15, 0.2) is 54.9 Å². The van der Waals surface area contributed by atoms with Crippen molar-refractivity contribution in [2.45, 2.75) is 31.7 Å². The van der Waals surface area contributed by atoms with Gasteiger partial charge in [-0.15, -0.1) is 0 Å². The molecule has 0 radical (unpaired) electrons. The summed E-state index contributed by atoms with van der Waals surface area (Å²) in [5, 5.41) is 7.50. The first-order valence-corrected chi connectivity index (χ1v) is 8.67. The van der Waals surface area contributed by atoms with E-state index in [1.807, 2.05) is 36.4 Å². The topological polar surface area (TPSA) is 66.9 Å². The molecular formula is C20H20N4O. The van der Waals surface area contributed by atoms with Gasteiger partial charge in [0.05, 0.1) is 11.2 Å². The van der Waals surface area contributed by atoms with Crippen LogP contribution in [0.1, 0.15) is 36.2 Å². The zero-order valence-corrected chi connectivity index (χ0v) is 13.9. The van der Waals surface area contributed by atoms with Crippen LogP contribution in [0.3, 0.4) is 0 Å². The Balaban J connectivity index is 1.55. The van der Waals surface area contributed by atoms with Crippen LogP contribution in [0, 0.1) is 0 Å². The van der Waals surface area contributed by atoms with Crippen molar-refractivity contribution in [1.82, 2.24) is 15.3 Å². The molecule has 2 aromatic heterocycles. The molecule has 0 atom stereocenters. The molecule has 1 aromatic carbocycles. The van der Waals surface area contributed by atoms with E-state index in [0.717, 1.165) is 35.1 Å². The van der Waals surface area contributed by atoms with Crippen molar-refractivity contribution in [2.24, 2.45) is 0 Å². The van der Waals surface area contributed by atoms with Crippen molar-refractivity contribution in [3.8, 4) is 0 Å². The van der Waals surface area contributed by atoms with Crippen molar-refractivity contribution in [2.75, 3.05) is 5.32 Å². The molecule has 1 amide bonds. The van der Waals surface area contributed by atoms with Gasteiger partial charge in [0, 0.05) is 29.5 Å². The van der Waals surface area contributed by atoms with Crippen molar-refractivity contribution in [1.29, 1.82) is 0 Å². The van der Waals surface area contributed by atoms with Crippen molar-refractivity contribution in [3.63, 3.8) is 0 Å². The van der Waals surface area contributed by atoms with Crippen LogP contribution in [0.5, 0.6) is 0 Å². The maximum Gasteiger partial charge on any atom is 0.270 e. The molecule has 2 N–H and O–H groups in total. The first-order chi connectivity index (χ1) is 12.3. The van der Waals surface area contributed by atoms with Crippen molar-refractivity contribution >= 4 is 28.2 Å². The van der Waals surface area contributed by atoms with Crippen molar-refractivity contribution in [3.05, 3.63) is 60.6 Å². The third-order valence-corrected chi connectivity index (χ3v) is 4.59. The quantitative estimate of drug-likeness (QED) is 0.756. The van der Waals surface area contributed by atoms with Crippen LogP contribution >= 0.6 is 0 Å². The highest BCUT2D eigenvalue weighted by molar-refractivity contribution is 5.95. The SMILES string of the molecule is O=C(NC1CCCC1)c1cc(Nc2cccc3cccnc23)ccn1. The van der Waals surface area contributed by atoms with E-state index in [1.54, 1.807) is 18.5 Å². The third kappa shape index (κ3) is 3.45. The van der Waals surface area contributed by atoms with Gasteiger partial charge in [0.25, 0.3) is 5.91 Å². The predicted molar refractivity (Wildman–Crippen MR) is 99.0 cm³/mol. The van der Waals surface area contributed by atoms with E-state index in [1.165, 1.54) is 12.8 Å². The molecular weight excluding hydrogens is 312 g/mol. The Morgan fingerprint density at radius 2 is 1.84 bits per heavy atom. The molecule has 126 valence electrons. The highest BCUT2D eigenvalue weighted by Gasteiger charge is 2.18. The van der Waals surface area contributed by atoms with Gasteiger partial charge in [0.15, 0.2) is 0 Å². The molecule has 0 saturated heterocycles. The van der Waals surface area contributed by atoms with Crippen LogP contribution in [0.25, 0.3) is 10.9 Å². The van der Waals surface area contributed by atoms with E-state index in [9.17, 15) is 4.79 Å². The fourth-order valence-electron chi connectivity index (χ4n) is 3.32. The number of amides is 1. The number of nitrogens with one attached hydrogen (secondary N) is 2. The van der Waals surface area contributed by atoms with E-state index >= 15 is 0 Å². The monoisotopic (exact) mass is 332 g/mol. The average molecular weight is 332 g/mol. The van der Waals surface area contributed by atoms with Crippen LogP contribution in [0.4, 0.5) is 11.4 Å². The number of aromatic nitrogens is 2. The molecule has 5 heteroatoms. The number of pyridine rings is 2. The first kappa shape index (κ1) is 15.6. The van der Waals surface area contributed by atoms with Gasteiger partial charge in [-0.05, 0) is 37.1 Å². The maximum atomic E-state index is 12.4. The Hall–Kier alpha value is -2.95. The summed E-state index contributed by atoms with van der Waals surface area (Å²) in [6, 6.07) is 13.9. The van der Waals surface area contributed by atoms with E-state index in [0.29, 0.717) is 5.69 Å². The highest BCUT2D eigenvalue weighted by atomic mass is 16.1. The summed E-state index contributed by atoms with van der Waals surface area (Å²) in [4.78, 5) is 21.1. The highest BCUT2D eigenvalue weighted by Crippen LogP contribution is 2.25. The minimum atomic E-state index is -0.105. The lowest BCUT2D eigenvalue weighted by molar-refractivity contribution is 0.0933. The van der Waals surface area contributed by atoms with Gasteiger partial charge in [-0.3, -0.25) is 14.8 Å². The van der Waals surface area contributed by atoms with E-state index < -0.39 is 0 Å². The molecule has 3 aromatic rings. The number of carbonyl (C=O) groups excluding carboxylic acids is 1. The van der Waals surface area contributed by atoms with Crippen molar-refractivity contribution < 1.29 is 4.79 Å². The number of anilines is 2. The molecule has 1 fully saturated rings. The lowest BCUT2D eigenvalue weighted by Crippen LogP contribution is -2.33. The number of fused-ring (bicyclic) bond motifs is 1. The number of hydrogen-bond acceptors (Lipinski definition) is 4. The number of rotatable bonds is 4. The Kier molecular flexibility index (Phi) is 4.29. The number of hydrogen-bond donors (Lipinski definition) is 2. The summed E-state index contributed by atoms with van der Waals surface area (Å²) in [5.41, 5.74) is 3.07. The molecule has 1 aliphatic carbocycles. The van der Waals surface area contributed by atoms with Crippen LogP contribution in [0.2, 0.25) is 0 Å². The van der Waals surface area contributed by atoms with Gasteiger partial charge in [0.2, 0.25) is 0 Å². The second kappa shape index (κ2) is 6.89. The molecule has 5 nitrogen and oxygen atoms in total. The smallest absolute Gasteiger partial charge is 0.270 e. The number of benzene rings is 1. The Labute approximate surface area is 146 Å². The lowest BCUT2D eigenvalue weighted by atomic mass is 10.2.